The topological polar surface area (TPSA) is 59.9 Å². The third-order valence-electron chi connectivity index (χ3n) is 5.47. The first-order valence-corrected chi connectivity index (χ1v) is 11.5. The molecule has 32 heavy (non-hydrogen) atoms. The van der Waals surface area contributed by atoms with Gasteiger partial charge in [-0.1, -0.05) is 29.4 Å². The molecular formula is C25H21ClN2O3S. The predicted octanol–water partition coefficient (Wildman–Crippen LogP) is 6.21. The molecular weight excluding hydrogens is 444 g/mol. The van der Waals surface area contributed by atoms with Crippen LogP contribution in [-0.4, -0.2) is 24.8 Å². The Kier molecular flexibility index (Phi) is 5.57. The van der Waals surface area contributed by atoms with Gasteiger partial charge in [0.15, 0.2) is 11.5 Å². The highest BCUT2D eigenvalue weighted by molar-refractivity contribution is 7.99. The zero-order valence-corrected chi connectivity index (χ0v) is 19.2. The second-order valence-electron chi connectivity index (χ2n) is 7.72. The van der Waals surface area contributed by atoms with Crippen LogP contribution in [-0.2, 0) is 0 Å². The van der Waals surface area contributed by atoms with E-state index in [0.29, 0.717) is 29.5 Å². The highest BCUT2D eigenvalue weighted by Crippen LogP contribution is 2.41. The molecule has 1 amide bonds. The quantitative estimate of drug-likeness (QED) is 0.500. The Morgan fingerprint density at radius 1 is 1.03 bits per heavy atom. The van der Waals surface area contributed by atoms with Crippen molar-refractivity contribution in [1.29, 1.82) is 0 Å². The van der Waals surface area contributed by atoms with Crippen molar-refractivity contribution < 1.29 is 14.3 Å². The number of nitrogens with zero attached hydrogens (tertiary/aromatic N) is 1. The minimum absolute atomic E-state index is 0.155. The van der Waals surface area contributed by atoms with Gasteiger partial charge in [0.05, 0.1) is 11.7 Å². The number of hydrogen-bond donors (Lipinski definition) is 1. The average molecular weight is 465 g/mol. The number of aliphatic imine (C=N–C) groups is 1. The van der Waals surface area contributed by atoms with Crippen molar-refractivity contribution in [2.45, 2.75) is 29.7 Å². The second kappa shape index (κ2) is 8.52. The van der Waals surface area contributed by atoms with Crippen LogP contribution in [0.15, 0.2) is 69.4 Å². The van der Waals surface area contributed by atoms with Crippen LogP contribution in [0, 0.1) is 0 Å². The lowest BCUT2D eigenvalue weighted by atomic mass is 10.1. The number of amides is 1. The molecule has 0 spiro atoms. The van der Waals surface area contributed by atoms with E-state index in [9.17, 15) is 4.79 Å². The van der Waals surface area contributed by atoms with Gasteiger partial charge in [0.1, 0.15) is 13.2 Å². The van der Waals surface area contributed by atoms with Gasteiger partial charge in [0, 0.05) is 31.7 Å². The molecule has 0 saturated heterocycles. The van der Waals surface area contributed by atoms with Gasteiger partial charge in [-0.2, -0.15) is 0 Å². The van der Waals surface area contributed by atoms with Crippen LogP contribution in [0.1, 0.15) is 41.4 Å². The third-order valence-corrected chi connectivity index (χ3v) is 6.85. The van der Waals surface area contributed by atoms with Crippen molar-refractivity contribution >= 4 is 40.7 Å². The number of ether oxygens (including phenoxy) is 2. The Hall–Kier alpha value is -2.96. The Balaban J connectivity index is 1.38. The van der Waals surface area contributed by atoms with Crippen molar-refractivity contribution in [3.63, 3.8) is 0 Å². The molecule has 0 aromatic heterocycles. The number of carbonyl (C=O) groups is 1. The number of carbonyl (C=O) groups excluding carboxylic acids is 1. The van der Waals surface area contributed by atoms with Gasteiger partial charge in [-0.05, 0) is 67.9 Å². The molecule has 2 aliphatic heterocycles. The molecule has 0 radical (unpaired) electrons. The highest BCUT2D eigenvalue weighted by Gasteiger charge is 2.19. The number of fused-ring (bicyclic) bond motifs is 3. The summed E-state index contributed by atoms with van der Waals surface area (Å²) in [4.78, 5) is 19.9. The summed E-state index contributed by atoms with van der Waals surface area (Å²) >= 11 is 7.81. The third kappa shape index (κ3) is 4.08. The van der Waals surface area contributed by atoms with E-state index in [4.69, 9.17) is 26.1 Å². The molecule has 5 rings (SSSR count). The van der Waals surface area contributed by atoms with Crippen LogP contribution >= 0.6 is 23.4 Å². The maximum atomic E-state index is 13.0. The number of hydrogen-bond acceptors (Lipinski definition) is 5. The lowest BCUT2D eigenvalue weighted by Crippen LogP contribution is -2.26. The molecule has 0 fully saturated rings. The van der Waals surface area contributed by atoms with Gasteiger partial charge in [0.2, 0.25) is 0 Å². The number of halogens is 1. The van der Waals surface area contributed by atoms with Crippen LogP contribution in [0.3, 0.4) is 0 Å². The summed E-state index contributed by atoms with van der Waals surface area (Å²) < 4.78 is 11.2. The van der Waals surface area contributed by atoms with E-state index in [1.54, 1.807) is 11.8 Å². The Bertz CT molecular complexity index is 1260. The molecule has 0 saturated carbocycles. The van der Waals surface area contributed by atoms with Gasteiger partial charge in [-0.25, -0.2) is 0 Å². The smallest absolute Gasteiger partial charge is 0.251 e. The summed E-state index contributed by atoms with van der Waals surface area (Å²) in [6.45, 7) is 4.99. The van der Waals surface area contributed by atoms with E-state index in [1.165, 1.54) is 0 Å². The van der Waals surface area contributed by atoms with Crippen molar-refractivity contribution in [3.8, 4) is 11.5 Å². The minimum atomic E-state index is -0.192. The number of benzene rings is 3. The monoisotopic (exact) mass is 464 g/mol. The molecule has 1 N–H and O–H groups in total. The molecule has 5 nitrogen and oxygen atoms in total. The van der Waals surface area contributed by atoms with E-state index in [2.05, 4.69) is 5.32 Å². The predicted molar refractivity (Wildman–Crippen MR) is 127 cm³/mol. The van der Waals surface area contributed by atoms with Gasteiger partial charge in [-0.15, -0.1) is 0 Å². The molecule has 0 aliphatic carbocycles. The van der Waals surface area contributed by atoms with Crippen molar-refractivity contribution in [3.05, 3.63) is 76.3 Å². The summed E-state index contributed by atoms with van der Waals surface area (Å²) in [5.41, 5.74) is 4.18. The van der Waals surface area contributed by atoms with Crippen molar-refractivity contribution in [2.24, 2.45) is 4.99 Å². The van der Waals surface area contributed by atoms with E-state index in [0.717, 1.165) is 38.1 Å². The largest absolute Gasteiger partial charge is 0.486 e. The normalized spacial score (nSPS) is 15.0. The maximum absolute atomic E-state index is 13.0. The Morgan fingerprint density at radius 3 is 2.66 bits per heavy atom. The first-order valence-electron chi connectivity index (χ1n) is 10.4. The highest BCUT2D eigenvalue weighted by atomic mass is 35.5. The standard InChI is InChI=1S/C25H21ClN2O3S/c1-14(16-3-6-21-22(12-16)31-10-9-30-21)28-25(29)17-4-7-24-20(11-17)27-15(2)19-13-18(26)5-8-23(19)32-24/h3-8,11-14H,9-10H2,1-2H3,(H,28,29). The molecule has 2 heterocycles. The summed E-state index contributed by atoms with van der Waals surface area (Å²) in [7, 11) is 0. The van der Waals surface area contributed by atoms with Crippen LogP contribution in [0.5, 0.6) is 11.5 Å². The fraction of sp³-hybridized carbons (Fsp3) is 0.200. The molecule has 0 bridgehead atoms. The van der Waals surface area contributed by atoms with Crippen molar-refractivity contribution in [1.82, 2.24) is 5.32 Å². The Morgan fingerprint density at radius 2 is 1.81 bits per heavy atom. The summed E-state index contributed by atoms with van der Waals surface area (Å²) in [6, 6.07) is 17.0. The SMILES string of the molecule is CC1=Nc2cc(C(=O)NC(C)c3ccc4c(c3)OCCO4)ccc2Sc2ccc(Cl)cc21. The zero-order valence-electron chi connectivity index (χ0n) is 17.6. The zero-order chi connectivity index (χ0) is 22.2. The molecule has 2 aliphatic rings. The lowest BCUT2D eigenvalue weighted by molar-refractivity contribution is 0.0939. The first-order chi connectivity index (χ1) is 15.5. The van der Waals surface area contributed by atoms with Crippen LogP contribution < -0.4 is 14.8 Å². The van der Waals surface area contributed by atoms with Crippen LogP contribution in [0.25, 0.3) is 0 Å². The van der Waals surface area contributed by atoms with E-state index in [-0.39, 0.29) is 11.9 Å². The summed E-state index contributed by atoms with van der Waals surface area (Å²) in [5, 5.41) is 3.75. The van der Waals surface area contributed by atoms with E-state index < -0.39 is 0 Å². The maximum Gasteiger partial charge on any atom is 0.251 e. The second-order valence-corrected chi connectivity index (χ2v) is 9.24. The first kappa shape index (κ1) is 20.9. The van der Waals surface area contributed by atoms with Gasteiger partial charge in [-0.3, -0.25) is 9.79 Å². The molecule has 1 atom stereocenters. The fourth-order valence-electron chi connectivity index (χ4n) is 3.76. The molecule has 1 unspecified atom stereocenters. The number of rotatable bonds is 3. The van der Waals surface area contributed by atoms with Gasteiger partial charge < -0.3 is 14.8 Å². The van der Waals surface area contributed by atoms with E-state index in [1.807, 2.05) is 68.4 Å². The molecule has 7 heteroatoms. The fourth-order valence-corrected chi connectivity index (χ4v) is 4.97. The molecule has 3 aromatic rings. The Labute approximate surface area is 195 Å². The van der Waals surface area contributed by atoms with Crippen LogP contribution in [0.2, 0.25) is 5.02 Å². The molecule has 162 valence electrons. The van der Waals surface area contributed by atoms with Crippen molar-refractivity contribution in [2.75, 3.05) is 13.2 Å². The van der Waals surface area contributed by atoms with Crippen LogP contribution in [0.4, 0.5) is 5.69 Å². The molecule has 3 aromatic carbocycles. The number of nitrogens with one attached hydrogen (secondary N) is 1. The average Bonchev–Trinajstić information content (AvgIpc) is 2.93. The minimum Gasteiger partial charge on any atom is -0.486 e. The van der Waals surface area contributed by atoms with E-state index >= 15 is 0 Å². The summed E-state index contributed by atoms with van der Waals surface area (Å²) in [5.74, 6) is 1.29. The van der Waals surface area contributed by atoms with Gasteiger partial charge in [0.25, 0.3) is 5.91 Å². The summed E-state index contributed by atoms with van der Waals surface area (Å²) in [6.07, 6.45) is 0. The lowest BCUT2D eigenvalue weighted by Gasteiger charge is -2.21. The van der Waals surface area contributed by atoms with Gasteiger partial charge >= 0.3 is 0 Å².